The number of halogens is 1. The van der Waals surface area contributed by atoms with Gasteiger partial charge in [-0.25, -0.2) is 0 Å². The van der Waals surface area contributed by atoms with Gasteiger partial charge in [0.1, 0.15) is 10.5 Å². The van der Waals surface area contributed by atoms with Crippen molar-refractivity contribution in [3.63, 3.8) is 0 Å². The summed E-state index contributed by atoms with van der Waals surface area (Å²) in [6.45, 7) is 0.394. The summed E-state index contributed by atoms with van der Waals surface area (Å²) in [5.41, 5.74) is 1.43. The largest absolute Gasteiger partial charge is 0.454 e. The third kappa shape index (κ3) is 3.07. The Labute approximate surface area is 177 Å². The van der Waals surface area contributed by atoms with E-state index in [9.17, 15) is 9.59 Å². The maximum atomic E-state index is 12.8. The number of fused-ring (bicyclic) bond motifs is 4. The molecular formula is C19H12ClN3O4S2. The lowest BCUT2D eigenvalue weighted by atomic mass is 10.2. The van der Waals surface area contributed by atoms with Gasteiger partial charge in [-0.05, 0) is 36.0 Å². The van der Waals surface area contributed by atoms with Crippen molar-refractivity contribution < 1.29 is 14.3 Å². The van der Waals surface area contributed by atoms with Gasteiger partial charge in [-0.1, -0.05) is 35.1 Å². The fourth-order valence-electron chi connectivity index (χ4n) is 3.24. The van der Waals surface area contributed by atoms with Crippen LogP contribution in [0.1, 0.15) is 15.2 Å². The minimum absolute atomic E-state index is 0.0961. The SMILES string of the molecule is O=C(NCc1cccc(Cl)c1)c1sc(=S)n2c1[nH]c(=O)c1cc3c(cc12)OCO3. The summed E-state index contributed by atoms with van der Waals surface area (Å²) >= 11 is 12.6. The van der Waals surface area contributed by atoms with Crippen LogP contribution in [0.4, 0.5) is 0 Å². The van der Waals surface area contributed by atoms with E-state index >= 15 is 0 Å². The highest BCUT2D eigenvalue weighted by Gasteiger charge is 2.21. The number of carbonyl (C=O) groups excluding carboxylic acids is 1. The van der Waals surface area contributed by atoms with E-state index in [1.807, 2.05) is 12.1 Å². The summed E-state index contributed by atoms with van der Waals surface area (Å²) in [7, 11) is 0. The van der Waals surface area contributed by atoms with Gasteiger partial charge < -0.3 is 19.8 Å². The summed E-state index contributed by atoms with van der Waals surface area (Å²) in [5, 5.41) is 3.84. The van der Waals surface area contributed by atoms with Gasteiger partial charge in [-0.15, -0.1) is 0 Å². The Hall–Kier alpha value is -2.88. The Morgan fingerprint density at radius 1 is 1.28 bits per heavy atom. The van der Waals surface area contributed by atoms with Crippen LogP contribution >= 0.6 is 35.2 Å². The molecule has 7 nitrogen and oxygen atoms in total. The average molecular weight is 446 g/mol. The molecule has 0 bridgehead atoms. The second kappa shape index (κ2) is 6.87. The zero-order valence-corrected chi connectivity index (χ0v) is 17.0. The molecule has 0 saturated carbocycles. The van der Waals surface area contributed by atoms with Crippen molar-refractivity contribution in [1.82, 2.24) is 14.7 Å². The van der Waals surface area contributed by atoms with Crippen LogP contribution in [0.5, 0.6) is 11.5 Å². The molecule has 2 aromatic carbocycles. The summed E-state index contributed by atoms with van der Waals surface area (Å²) in [5.74, 6) is 0.701. The number of benzene rings is 2. The van der Waals surface area contributed by atoms with Crippen LogP contribution in [-0.4, -0.2) is 22.1 Å². The van der Waals surface area contributed by atoms with E-state index in [4.69, 9.17) is 33.3 Å². The van der Waals surface area contributed by atoms with Gasteiger partial charge >= 0.3 is 0 Å². The fraction of sp³-hybridized carbons (Fsp3) is 0.105. The number of aromatic amines is 1. The molecule has 0 unspecified atom stereocenters. The molecular weight excluding hydrogens is 434 g/mol. The molecule has 10 heteroatoms. The number of carbonyl (C=O) groups is 1. The van der Waals surface area contributed by atoms with Crippen molar-refractivity contribution in [3.05, 3.63) is 66.2 Å². The molecule has 5 rings (SSSR count). The van der Waals surface area contributed by atoms with E-state index < -0.39 is 0 Å². The number of nitrogens with zero attached hydrogens (tertiary/aromatic N) is 1. The van der Waals surface area contributed by atoms with Gasteiger partial charge in [0.05, 0.1) is 10.9 Å². The normalized spacial score (nSPS) is 12.6. The molecule has 0 aliphatic carbocycles. The Morgan fingerprint density at radius 3 is 2.86 bits per heavy atom. The molecule has 0 saturated heterocycles. The number of H-pyrrole nitrogens is 1. The van der Waals surface area contributed by atoms with Crippen molar-refractivity contribution >= 4 is 57.6 Å². The first-order chi connectivity index (χ1) is 14.0. The van der Waals surface area contributed by atoms with Crippen LogP contribution < -0.4 is 20.3 Å². The molecule has 1 amide bonds. The maximum absolute atomic E-state index is 12.8. The fourth-order valence-corrected chi connectivity index (χ4v) is 4.75. The molecule has 29 heavy (non-hydrogen) atoms. The molecule has 0 radical (unpaired) electrons. The predicted octanol–water partition coefficient (Wildman–Crippen LogP) is 3.88. The van der Waals surface area contributed by atoms with E-state index in [1.54, 1.807) is 28.7 Å². The van der Waals surface area contributed by atoms with Crippen molar-refractivity contribution in [1.29, 1.82) is 0 Å². The highest BCUT2D eigenvalue weighted by Crippen LogP contribution is 2.36. The third-order valence-corrected chi connectivity index (χ3v) is 6.18. The van der Waals surface area contributed by atoms with E-state index in [0.717, 1.165) is 16.9 Å². The average Bonchev–Trinajstić information content (AvgIpc) is 3.29. The summed E-state index contributed by atoms with van der Waals surface area (Å²) in [6.07, 6.45) is 0. The minimum Gasteiger partial charge on any atom is -0.454 e. The highest BCUT2D eigenvalue weighted by atomic mass is 35.5. The lowest BCUT2D eigenvalue weighted by Crippen LogP contribution is -2.23. The first-order valence-corrected chi connectivity index (χ1v) is 10.2. The van der Waals surface area contributed by atoms with Crippen LogP contribution in [0.15, 0.2) is 41.2 Å². The van der Waals surface area contributed by atoms with Gasteiger partial charge in [0.2, 0.25) is 6.79 Å². The predicted molar refractivity (Wildman–Crippen MR) is 113 cm³/mol. The van der Waals surface area contributed by atoms with Crippen LogP contribution in [-0.2, 0) is 6.54 Å². The molecule has 4 aromatic rings. The standard InChI is InChI=1S/C19H12ClN3O4S2/c20-10-3-1-2-9(4-10)7-21-18(25)15-16-22-17(24)11-5-13-14(27-8-26-13)6-12(11)23(16)19(28)29-15/h1-6H,7-8H2,(H,21,25)(H,22,24). The molecule has 1 aliphatic heterocycles. The van der Waals surface area contributed by atoms with E-state index in [2.05, 4.69) is 10.3 Å². The molecule has 0 atom stereocenters. The zero-order chi connectivity index (χ0) is 20.1. The second-order valence-electron chi connectivity index (χ2n) is 6.37. The third-order valence-electron chi connectivity index (χ3n) is 4.57. The smallest absolute Gasteiger partial charge is 0.265 e. The van der Waals surface area contributed by atoms with E-state index in [1.165, 1.54) is 0 Å². The molecule has 1 aliphatic rings. The lowest BCUT2D eigenvalue weighted by Gasteiger charge is -2.06. The lowest BCUT2D eigenvalue weighted by molar-refractivity contribution is 0.0956. The van der Waals surface area contributed by atoms with E-state index in [0.29, 0.717) is 48.4 Å². The van der Waals surface area contributed by atoms with Gasteiger partial charge in [0, 0.05) is 17.6 Å². The molecule has 2 N–H and O–H groups in total. The number of hydrogen-bond donors (Lipinski definition) is 2. The summed E-state index contributed by atoms with van der Waals surface area (Å²) < 4.78 is 12.9. The van der Waals surface area contributed by atoms with Crippen LogP contribution in [0.3, 0.4) is 0 Å². The summed E-state index contributed by atoms with van der Waals surface area (Å²) in [4.78, 5) is 28.6. The van der Waals surface area contributed by atoms with Crippen LogP contribution in [0.25, 0.3) is 16.6 Å². The second-order valence-corrected chi connectivity index (χ2v) is 8.45. The number of aromatic nitrogens is 2. The van der Waals surface area contributed by atoms with Gasteiger partial charge in [0.15, 0.2) is 15.5 Å². The highest BCUT2D eigenvalue weighted by molar-refractivity contribution is 7.73. The minimum atomic E-state index is -0.338. The number of rotatable bonds is 3. The molecule has 146 valence electrons. The van der Waals surface area contributed by atoms with Gasteiger partial charge in [-0.2, -0.15) is 0 Å². The molecule has 0 fully saturated rings. The number of hydrogen-bond acceptors (Lipinski definition) is 6. The van der Waals surface area contributed by atoms with E-state index in [-0.39, 0.29) is 18.3 Å². The topological polar surface area (TPSA) is 84.8 Å². The van der Waals surface area contributed by atoms with Crippen molar-refractivity contribution in [2.75, 3.05) is 6.79 Å². The van der Waals surface area contributed by atoms with Crippen molar-refractivity contribution in [2.45, 2.75) is 6.54 Å². The van der Waals surface area contributed by atoms with Gasteiger partial charge in [0.25, 0.3) is 11.5 Å². The van der Waals surface area contributed by atoms with Crippen molar-refractivity contribution in [3.8, 4) is 11.5 Å². The Bertz CT molecular complexity index is 1420. The monoisotopic (exact) mass is 445 g/mol. The molecule has 0 spiro atoms. The first kappa shape index (κ1) is 18.2. The van der Waals surface area contributed by atoms with Crippen LogP contribution in [0, 0.1) is 3.95 Å². The Morgan fingerprint density at radius 2 is 2.07 bits per heavy atom. The Balaban J connectivity index is 1.59. The quantitative estimate of drug-likeness (QED) is 0.467. The number of nitrogens with one attached hydrogen (secondary N) is 2. The van der Waals surface area contributed by atoms with Crippen molar-refractivity contribution in [2.24, 2.45) is 0 Å². The first-order valence-electron chi connectivity index (χ1n) is 8.55. The number of amides is 1. The summed E-state index contributed by atoms with van der Waals surface area (Å²) in [6, 6.07) is 10.5. The molecule has 2 aromatic heterocycles. The Kier molecular flexibility index (Phi) is 4.30. The van der Waals surface area contributed by atoms with Gasteiger partial charge in [-0.3, -0.25) is 14.0 Å². The number of thiazole rings is 1. The van der Waals surface area contributed by atoms with Crippen LogP contribution in [0.2, 0.25) is 5.02 Å². The zero-order valence-electron chi connectivity index (χ0n) is 14.7. The number of ether oxygens (including phenoxy) is 2. The molecule has 3 heterocycles. The maximum Gasteiger partial charge on any atom is 0.265 e.